The van der Waals surface area contributed by atoms with Crippen LogP contribution in [-0.4, -0.2) is 36.6 Å². The van der Waals surface area contributed by atoms with Gasteiger partial charge in [0.25, 0.3) is 0 Å². The Morgan fingerprint density at radius 1 is 0.857 bits per heavy atom. The van der Waals surface area contributed by atoms with Crippen LogP contribution in [0.25, 0.3) is 0 Å². The van der Waals surface area contributed by atoms with Gasteiger partial charge in [0.15, 0.2) is 0 Å². The van der Waals surface area contributed by atoms with E-state index in [9.17, 15) is 4.79 Å². The van der Waals surface area contributed by atoms with Crippen molar-refractivity contribution in [1.29, 1.82) is 0 Å². The molecule has 2 aromatic rings. The van der Waals surface area contributed by atoms with E-state index in [1.807, 2.05) is 30.3 Å². The van der Waals surface area contributed by atoms with E-state index < -0.39 is 0 Å². The number of carbonyl (C=O) groups excluding carboxylic acids is 1. The van der Waals surface area contributed by atoms with Crippen LogP contribution < -0.4 is 0 Å². The van der Waals surface area contributed by atoms with Crippen LogP contribution in [-0.2, 0) is 11.2 Å². The second kappa shape index (κ2) is 8.26. The van der Waals surface area contributed by atoms with Gasteiger partial charge in [0.05, 0.1) is 5.56 Å². The van der Waals surface area contributed by atoms with Gasteiger partial charge in [0.2, 0.25) is 0 Å². The van der Waals surface area contributed by atoms with E-state index in [-0.39, 0.29) is 24.5 Å². The highest BCUT2D eigenvalue weighted by molar-refractivity contribution is 5.89. The van der Waals surface area contributed by atoms with E-state index in [0.717, 1.165) is 13.0 Å². The maximum atomic E-state index is 12.5. The molecule has 0 radical (unpaired) electrons. The van der Waals surface area contributed by atoms with E-state index in [2.05, 4.69) is 35.2 Å². The summed E-state index contributed by atoms with van der Waals surface area (Å²) >= 11 is 0. The van der Waals surface area contributed by atoms with Gasteiger partial charge in [-0.1, -0.05) is 48.5 Å². The van der Waals surface area contributed by atoms with Gasteiger partial charge in [-0.25, -0.2) is 4.79 Å². The fourth-order valence-corrected chi connectivity index (χ4v) is 5.85. The molecule has 0 spiro atoms. The molecule has 0 aromatic heterocycles. The lowest BCUT2D eigenvalue weighted by molar-refractivity contribution is 0.0135. The smallest absolute Gasteiger partial charge is 0.338 e. The number of benzene rings is 2. The van der Waals surface area contributed by atoms with Gasteiger partial charge < -0.3 is 9.64 Å². The second-order valence-electron chi connectivity index (χ2n) is 8.46. The molecule has 3 fully saturated rings. The normalized spacial score (nSPS) is 30.6. The molecular weight excluding hydrogens is 370 g/mol. The van der Waals surface area contributed by atoms with Crippen LogP contribution in [0.4, 0.5) is 0 Å². The second-order valence-corrected chi connectivity index (χ2v) is 8.46. The number of likely N-dealkylation sites (tertiary alicyclic amines) is 1. The molecule has 3 aliphatic rings. The van der Waals surface area contributed by atoms with Gasteiger partial charge in [-0.3, -0.25) is 0 Å². The molecule has 5 rings (SSSR count). The molecule has 1 aliphatic heterocycles. The Labute approximate surface area is 173 Å². The average Bonchev–Trinajstić information content (AvgIpc) is 3.38. The largest absolute Gasteiger partial charge is 0.458 e. The van der Waals surface area contributed by atoms with Crippen molar-refractivity contribution in [3.8, 4) is 0 Å². The molecular formula is C24H28ClNO2. The summed E-state index contributed by atoms with van der Waals surface area (Å²) < 4.78 is 6.03. The quantitative estimate of drug-likeness (QED) is 0.697. The summed E-state index contributed by atoms with van der Waals surface area (Å²) in [4.78, 5) is 15.2. The lowest BCUT2D eigenvalue weighted by Gasteiger charge is -2.23. The lowest BCUT2D eigenvalue weighted by Crippen LogP contribution is -2.31. The van der Waals surface area contributed by atoms with Crippen molar-refractivity contribution in [2.75, 3.05) is 19.6 Å². The third-order valence-electron chi connectivity index (χ3n) is 7.08. The fraction of sp³-hybridized carbons (Fsp3) is 0.458. The summed E-state index contributed by atoms with van der Waals surface area (Å²) in [6.45, 7) is 3.50. The number of esters is 1. The highest BCUT2D eigenvalue weighted by Crippen LogP contribution is 2.56. The molecule has 0 N–H and O–H groups in total. The fourth-order valence-electron chi connectivity index (χ4n) is 5.85. The van der Waals surface area contributed by atoms with Gasteiger partial charge in [0.1, 0.15) is 6.10 Å². The first kappa shape index (κ1) is 19.5. The zero-order valence-corrected chi connectivity index (χ0v) is 16.9. The zero-order chi connectivity index (χ0) is 18.2. The van der Waals surface area contributed by atoms with Crippen LogP contribution >= 0.6 is 12.4 Å². The van der Waals surface area contributed by atoms with E-state index in [1.54, 1.807) is 0 Å². The molecule has 2 saturated carbocycles. The molecule has 2 bridgehead atoms. The lowest BCUT2D eigenvalue weighted by atomic mass is 9.82. The first-order chi connectivity index (χ1) is 13.3. The highest BCUT2D eigenvalue weighted by atomic mass is 35.5. The van der Waals surface area contributed by atoms with Crippen LogP contribution in [0.5, 0.6) is 0 Å². The number of fused-ring (bicyclic) bond motifs is 5. The number of halogens is 1. The minimum Gasteiger partial charge on any atom is -0.458 e. The SMILES string of the molecule is Cl.O=C(OC1C2CCC1C1CN(CCc3ccccc3)CC12)c1ccccc1. The van der Waals surface area contributed by atoms with Crippen molar-refractivity contribution in [3.05, 3.63) is 71.8 Å². The molecule has 4 atom stereocenters. The maximum Gasteiger partial charge on any atom is 0.338 e. The number of carbonyl (C=O) groups is 1. The summed E-state index contributed by atoms with van der Waals surface area (Å²) in [5.41, 5.74) is 2.10. The first-order valence-corrected chi connectivity index (χ1v) is 10.3. The molecule has 1 heterocycles. The Kier molecular flexibility index (Phi) is 5.75. The molecule has 2 aromatic carbocycles. The number of hydrogen-bond donors (Lipinski definition) is 0. The van der Waals surface area contributed by atoms with E-state index in [1.165, 1.54) is 31.5 Å². The molecule has 3 nitrogen and oxygen atoms in total. The van der Waals surface area contributed by atoms with Gasteiger partial charge in [0, 0.05) is 31.5 Å². The standard InChI is InChI=1S/C24H27NO2.ClH/c26-24(18-9-5-2-6-10-18)27-23-19-11-12-20(23)22-16-25(15-21(19)22)14-13-17-7-3-1-4-8-17;/h1-10,19-23H,11-16H2;1H. The molecule has 148 valence electrons. The Morgan fingerprint density at radius 2 is 1.43 bits per heavy atom. The average molecular weight is 398 g/mol. The zero-order valence-electron chi connectivity index (χ0n) is 16.1. The Balaban J connectivity index is 0.00000192. The summed E-state index contributed by atoms with van der Waals surface area (Å²) in [5.74, 6) is 2.42. The third kappa shape index (κ3) is 3.58. The minimum atomic E-state index is -0.140. The summed E-state index contributed by atoms with van der Waals surface area (Å²) in [7, 11) is 0. The number of ether oxygens (including phenoxy) is 1. The topological polar surface area (TPSA) is 29.5 Å². The maximum absolute atomic E-state index is 12.5. The monoisotopic (exact) mass is 397 g/mol. The molecule has 28 heavy (non-hydrogen) atoms. The third-order valence-corrected chi connectivity index (χ3v) is 7.08. The predicted molar refractivity (Wildman–Crippen MR) is 113 cm³/mol. The van der Waals surface area contributed by atoms with Crippen LogP contribution in [0.15, 0.2) is 60.7 Å². The van der Waals surface area contributed by atoms with Gasteiger partial charge in [-0.05, 0) is 48.8 Å². The van der Waals surface area contributed by atoms with Crippen LogP contribution in [0.3, 0.4) is 0 Å². The number of nitrogens with zero attached hydrogens (tertiary/aromatic N) is 1. The van der Waals surface area contributed by atoms with E-state index in [4.69, 9.17) is 4.74 Å². The molecule has 1 saturated heterocycles. The van der Waals surface area contributed by atoms with Gasteiger partial charge >= 0.3 is 5.97 Å². The molecule has 0 amide bonds. The molecule has 4 unspecified atom stereocenters. The highest BCUT2D eigenvalue weighted by Gasteiger charge is 2.58. The molecule has 4 heteroatoms. The summed E-state index contributed by atoms with van der Waals surface area (Å²) in [5, 5.41) is 0. The first-order valence-electron chi connectivity index (χ1n) is 10.3. The van der Waals surface area contributed by atoms with Crippen molar-refractivity contribution in [3.63, 3.8) is 0 Å². The van der Waals surface area contributed by atoms with E-state index >= 15 is 0 Å². The summed E-state index contributed by atoms with van der Waals surface area (Å²) in [6.07, 6.45) is 3.72. The van der Waals surface area contributed by atoms with Crippen LogP contribution in [0, 0.1) is 23.7 Å². The number of hydrogen-bond acceptors (Lipinski definition) is 3. The van der Waals surface area contributed by atoms with Gasteiger partial charge in [-0.2, -0.15) is 0 Å². The Bertz CT molecular complexity index is 777. The predicted octanol–water partition coefficient (Wildman–Crippen LogP) is 4.46. The van der Waals surface area contributed by atoms with Crippen molar-refractivity contribution < 1.29 is 9.53 Å². The van der Waals surface area contributed by atoms with Crippen molar-refractivity contribution in [2.45, 2.75) is 25.4 Å². The van der Waals surface area contributed by atoms with Crippen LogP contribution in [0.1, 0.15) is 28.8 Å². The minimum absolute atomic E-state index is 0. The Morgan fingerprint density at radius 3 is 2.04 bits per heavy atom. The van der Waals surface area contributed by atoms with Crippen molar-refractivity contribution in [2.24, 2.45) is 23.7 Å². The van der Waals surface area contributed by atoms with Crippen LogP contribution in [0.2, 0.25) is 0 Å². The summed E-state index contributed by atoms with van der Waals surface area (Å²) in [6, 6.07) is 20.2. The van der Waals surface area contributed by atoms with E-state index in [0.29, 0.717) is 29.2 Å². The van der Waals surface area contributed by atoms with Crippen molar-refractivity contribution in [1.82, 2.24) is 4.90 Å². The van der Waals surface area contributed by atoms with Gasteiger partial charge in [-0.15, -0.1) is 12.4 Å². The molecule has 2 aliphatic carbocycles. The number of rotatable bonds is 5. The van der Waals surface area contributed by atoms with Crippen molar-refractivity contribution >= 4 is 18.4 Å². The Hall–Kier alpha value is -1.84.